The van der Waals surface area contributed by atoms with Crippen molar-refractivity contribution >= 4 is 17.5 Å². The summed E-state index contributed by atoms with van der Waals surface area (Å²) < 4.78 is 22.8. The zero-order valence-corrected chi connectivity index (χ0v) is 20.1. The van der Waals surface area contributed by atoms with Gasteiger partial charge in [-0.1, -0.05) is 20.3 Å². The molecule has 0 bridgehead atoms. The van der Waals surface area contributed by atoms with Crippen LogP contribution >= 0.6 is 0 Å². The lowest BCUT2D eigenvalue weighted by atomic mass is 9.94. The third kappa shape index (κ3) is 5.05. The molecule has 2 N–H and O–H groups in total. The minimum absolute atomic E-state index is 0.143. The van der Waals surface area contributed by atoms with Crippen LogP contribution < -0.4 is 29.6 Å². The molecule has 8 nitrogen and oxygen atoms in total. The summed E-state index contributed by atoms with van der Waals surface area (Å²) in [6, 6.07) is 9.52. The Morgan fingerprint density at radius 2 is 1.56 bits per heavy atom. The average molecular weight is 469 g/mol. The predicted octanol–water partition coefficient (Wildman–Crippen LogP) is 4.53. The molecule has 4 rings (SSSR count). The maximum atomic E-state index is 13.1. The normalized spacial score (nSPS) is 16.7. The summed E-state index contributed by atoms with van der Waals surface area (Å²) in [7, 11) is 3.03. The number of benzene rings is 2. The molecule has 2 aliphatic rings. The first-order valence-electron chi connectivity index (χ1n) is 11.7. The number of rotatable bonds is 7. The van der Waals surface area contributed by atoms with Gasteiger partial charge in [-0.3, -0.25) is 9.59 Å². The maximum absolute atomic E-state index is 13.1. The first-order valence-corrected chi connectivity index (χ1v) is 11.7. The smallest absolute Gasteiger partial charge is 0.252 e. The van der Waals surface area contributed by atoms with Crippen LogP contribution in [0.3, 0.4) is 0 Å². The van der Waals surface area contributed by atoms with Crippen LogP contribution in [0.25, 0.3) is 0 Å². The van der Waals surface area contributed by atoms with E-state index in [0.717, 1.165) is 25.7 Å². The molecule has 0 aromatic heterocycles. The Bertz CT molecular complexity index is 1040. The molecule has 182 valence electrons. The number of hydrogen-bond acceptors (Lipinski definition) is 6. The average Bonchev–Trinajstić information content (AvgIpc) is 3.18. The summed E-state index contributed by atoms with van der Waals surface area (Å²) in [6.07, 6.45) is 5.07. The van der Waals surface area contributed by atoms with Gasteiger partial charge in [0.15, 0.2) is 11.5 Å². The molecule has 1 heterocycles. The van der Waals surface area contributed by atoms with E-state index in [2.05, 4.69) is 10.6 Å². The summed E-state index contributed by atoms with van der Waals surface area (Å²) >= 11 is 0. The Kier molecular flexibility index (Phi) is 6.86. The van der Waals surface area contributed by atoms with Gasteiger partial charge >= 0.3 is 0 Å². The second-order valence-corrected chi connectivity index (χ2v) is 9.12. The highest BCUT2D eigenvalue weighted by Crippen LogP contribution is 2.46. The second-order valence-electron chi connectivity index (χ2n) is 9.12. The van der Waals surface area contributed by atoms with Crippen molar-refractivity contribution in [1.82, 2.24) is 5.32 Å². The van der Waals surface area contributed by atoms with E-state index in [-0.39, 0.29) is 11.8 Å². The van der Waals surface area contributed by atoms with E-state index in [1.165, 1.54) is 20.6 Å². The molecule has 0 radical (unpaired) electrons. The molecular weight excluding hydrogens is 436 g/mol. The van der Waals surface area contributed by atoms with E-state index >= 15 is 0 Å². The zero-order chi connectivity index (χ0) is 24.3. The molecular formula is C26H32N2O6. The first kappa shape index (κ1) is 23.7. The van der Waals surface area contributed by atoms with Crippen molar-refractivity contribution in [3.8, 4) is 23.0 Å². The van der Waals surface area contributed by atoms with Crippen LogP contribution in [-0.2, 0) is 4.79 Å². The van der Waals surface area contributed by atoms with Crippen LogP contribution in [0, 0.1) is 5.92 Å². The molecule has 1 saturated carbocycles. The van der Waals surface area contributed by atoms with E-state index in [9.17, 15) is 9.59 Å². The molecule has 0 saturated heterocycles. The molecule has 8 heteroatoms. The fraction of sp³-hybridized carbons (Fsp3) is 0.462. The van der Waals surface area contributed by atoms with E-state index in [0.29, 0.717) is 34.2 Å². The van der Waals surface area contributed by atoms with E-state index < -0.39 is 17.7 Å². The van der Waals surface area contributed by atoms with Crippen molar-refractivity contribution < 1.29 is 28.5 Å². The Morgan fingerprint density at radius 1 is 0.912 bits per heavy atom. The summed E-state index contributed by atoms with van der Waals surface area (Å²) in [5.41, 5.74) is 0.929. The van der Waals surface area contributed by atoms with Crippen LogP contribution in [0.15, 0.2) is 36.4 Å². The van der Waals surface area contributed by atoms with Crippen molar-refractivity contribution in [2.45, 2.75) is 57.8 Å². The third-order valence-corrected chi connectivity index (χ3v) is 6.27. The highest BCUT2D eigenvalue weighted by molar-refractivity contribution is 6.01. The van der Waals surface area contributed by atoms with E-state index in [1.54, 1.807) is 30.3 Å². The Morgan fingerprint density at radius 3 is 2.18 bits per heavy atom. The van der Waals surface area contributed by atoms with E-state index in [4.69, 9.17) is 18.9 Å². The summed E-state index contributed by atoms with van der Waals surface area (Å²) in [5.74, 6) is 0.887. The first-order chi connectivity index (χ1) is 16.3. The van der Waals surface area contributed by atoms with Gasteiger partial charge in [-0.15, -0.1) is 0 Å². The SMILES string of the molecule is COc1cc(OC)cc(C(=O)NC(C(=O)Nc2ccc3c(c2)OC2(CCCCC2)O3)C(C)C)c1. The second kappa shape index (κ2) is 9.83. The highest BCUT2D eigenvalue weighted by Gasteiger charge is 2.42. The van der Waals surface area contributed by atoms with Gasteiger partial charge in [0.05, 0.1) is 14.2 Å². The number of fused-ring (bicyclic) bond motifs is 1. The van der Waals surface area contributed by atoms with Crippen molar-refractivity contribution in [1.29, 1.82) is 0 Å². The topological polar surface area (TPSA) is 95.1 Å². The fourth-order valence-electron chi connectivity index (χ4n) is 4.38. The van der Waals surface area contributed by atoms with Gasteiger partial charge in [-0.05, 0) is 43.0 Å². The van der Waals surface area contributed by atoms with Crippen LogP contribution in [0.4, 0.5) is 5.69 Å². The molecule has 1 atom stereocenters. The standard InChI is InChI=1S/C26H32N2O6/c1-16(2)23(28-24(29)17-12-19(31-3)15-20(13-17)32-4)25(30)27-18-8-9-21-22(14-18)34-26(33-21)10-6-5-7-11-26/h8-9,12-16,23H,5-7,10-11H2,1-4H3,(H,27,30)(H,28,29). The number of hydrogen-bond donors (Lipinski definition) is 2. The Balaban J connectivity index is 1.45. The monoisotopic (exact) mass is 468 g/mol. The molecule has 1 spiro atoms. The van der Waals surface area contributed by atoms with Crippen LogP contribution in [0.2, 0.25) is 0 Å². The van der Waals surface area contributed by atoms with Gasteiger partial charge in [-0.25, -0.2) is 0 Å². The lowest BCUT2D eigenvalue weighted by Crippen LogP contribution is -2.47. The fourth-order valence-corrected chi connectivity index (χ4v) is 4.38. The van der Waals surface area contributed by atoms with Crippen molar-refractivity contribution in [2.75, 3.05) is 19.5 Å². The van der Waals surface area contributed by atoms with Gasteiger partial charge in [0.1, 0.15) is 17.5 Å². The van der Waals surface area contributed by atoms with Crippen molar-refractivity contribution in [3.63, 3.8) is 0 Å². The number of nitrogens with one attached hydrogen (secondary N) is 2. The number of carbonyl (C=O) groups excluding carboxylic acids is 2. The van der Waals surface area contributed by atoms with Crippen molar-refractivity contribution in [3.05, 3.63) is 42.0 Å². The summed E-state index contributed by atoms with van der Waals surface area (Å²) in [5, 5.41) is 5.74. The molecule has 2 aromatic carbocycles. The number of amides is 2. The minimum Gasteiger partial charge on any atom is -0.497 e. The lowest BCUT2D eigenvalue weighted by Gasteiger charge is -2.31. The predicted molar refractivity (Wildman–Crippen MR) is 128 cm³/mol. The third-order valence-electron chi connectivity index (χ3n) is 6.27. The quantitative estimate of drug-likeness (QED) is 0.620. The van der Waals surface area contributed by atoms with E-state index in [1.807, 2.05) is 19.9 Å². The Labute approximate surface area is 199 Å². The zero-order valence-electron chi connectivity index (χ0n) is 20.1. The highest BCUT2D eigenvalue weighted by atomic mass is 16.7. The number of ether oxygens (including phenoxy) is 4. The molecule has 1 unspecified atom stereocenters. The Hall–Kier alpha value is -3.42. The van der Waals surface area contributed by atoms with Crippen LogP contribution in [-0.4, -0.2) is 37.9 Å². The molecule has 1 aliphatic heterocycles. The number of carbonyl (C=O) groups is 2. The van der Waals surface area contributed by atoms with Crippen molar-refractivity contribution in [2.24, 2.45) is 5.92 Å². The summed E-state index contributed by atoms with van der Waals surface area (Å²) in [6.45, 7) is 3.76. The van der Waals surface area contributed by atoms with Gasteiger partial charge in [0.2, 0.25) is 5.91 Å². The molecule has 2 amide bonds. The molecule has 1 aliphatic carbocycles. The number of methoxy groups -OCH3 is 2. The minimum atomic E-state index is -0.750. The molecule has 1 fully saturated rings. The van der Waals surface area contributed by atoms with Gasteiger partial charge in [0, 0.05) is 36.2 Å². The van der Waals surface area contributed by atoms with Gasteiger partial charge < -0.3 is 29.6 Å². The van der Waals surface area contributed by atoms with Gasteiger partial charge in [0.25, 0.3) is 11.7 Å². The number of anilines is 1. The molecule has 2 aromatic rings. The molecule has 34 heavy (non-hydrogen) atoms. The lowest BCUT2D eigenvalue weighted by molar-refractivity contribution is -0.118. The summed E-state index contributed by atoms with van der Waals surface area (Å²) in [4.78, 5) is 26.1. The largest absolute Gasteiger partial charge is 0.497 e. The maximum Gasteiger partial charge on any atom is 0.252 e. The van der Waals surface area contributed by atoms with Gasteiger partial charge in [-0.2, -0.15) is 0 Å². The van der Waals surface area contributed by atoms with Crippen LogP contribution in [0.5, 0.6) is 23.0 Å². The van der Waals surface area contributed by atoms with Crippen LogP contribution in [0.1, 0.15) is 56.3 Å².